The summed E-state index contributed by atoms with van der Waals surface area (Å²) in [5.74, 6) is 1.10. The minimum atomic E-state index is 0.0978. The first-order valence-corrected chi connectivity index (χ1v) is 11.0. The molecular weight excluding hydrogens is 382 g/mol. The standard InChI is InChI=1S/C24H28ClN3O/c1-16-20-8-9-28(24(29)17-4-3-5-18(25)14-17)23(16)22-15-19(6-7-21(20)22)27-12-10-26(2)11-13-27/h3-7,14-16,20,23H,8-13H2,1-2H3/t16-,20?,23?/m0/s1. The van der Waals surface area contributed by atoms with E-state index in [0.29, 0.717) is 22.4 Å². The van der Waals surface area contributed by atoms with Crippen LogP contribution in [0.4, 0.5) is 5.69 Å². The Kier molecular flexibility index (Phi) is 4.79. The van der Waals surface area contributed by atoms with E-state index in [4.69, 9.17) is 11.6 Å². The van der Waals surface area contributed by atoms with E-state index in [1.165, 1.54) is 16.8 Å². The number of likely N-dealkylation sites (N-methyl/N-ethyl adjacent to an activating group) is 1. The fourth-order valence-corrected chi connectivity index (χ4v) is 5.70. The molecule has 2 heterocycles. The molecule has 29 heavy (non-hydrogen) atoms. The van der Waals surface area contributed by atoms with Crippen LogP contribution < -0.4 is 4.90 Å². The van der Waals surface area contributed by atoms with Gasteiger partial charge in [-0.3, -0.25) is 4.79 Å². The molecule has 1 amide bonds. The zero-order valence-corrected chi connectivity index (χ0v) is 17.9. The quantitative estimate of drug-likeness (QED) is 0.734. The van der Waals surface area contributed by atoms with E-state index in [2.05, 4.69) is 46.9 Å². The number of likely N-dealkylation sites (tertiary alicyclic amines) is 1. The Morgan fingerprint density at radius 1 is 1.00 bits per heavy atom. The van der Waals surface area contributed by atoms with E-state index < -0.39 is 0 Å². The number of fused-ring (bicyclic) bond motifs is 5. The molecule has 2 aliphatic heterocycles. The number of halogens is 1. The van der Waals surface area contributed by atoms with Gasteiger partial charge in [-0.05, 0) is 66.8 Å². The third-order valence-electron chi connectivity index (χ3n) is 7.14. The van der Waals surface area contributed by atoms with Gasteiger partial charge in [0.05, 0.1) is 6.04 Å². The van der Waals surface area contributed by atoms with E-state index in [-0.39, 0.29) is 11.9 Å². The summed E-state index contributed by atoms with van der Waals surface area (Å²) >= 11 is 6.15. The topological polar surface area (TPSA) is 26.8 Å². The van der Waals surface area contributed by atoms with Crippen LogP contribution in [-0.2, 0) is 0 Å². The van der Waals surface area contributed by atoms with Gasteiger partial charge in [0.25, 0.3) is 5.91 Å². The lowest BCUT2D eigenvalue weighted by atomic mass is 9.85. The fraction of sp³-hybridized carbons (Fsp3) is 0.458. The Morgan fingerprint density at radius 3 is 2.55 bits per heavy atom. The maximum Gasteiger partial charge on any atom is 0.254 e. The Hall–Kier alpha value is -2.04. The van der Waals surface area contributed by atoms with Gasteiger partial charge in [-0.15, -0.1) is 0 Å². The highest BCUT2D eigenvalue weighted by molar-refractivity contribution is 6.30. The fourth-order valence-electron chi connectivity index (χ4n) is 5.51. The number of hydrogen-bond donors (Lipinski definition) is 0. The minimum absolute atomic E-state index is 0.0978. The van der Waals surface area contributed by atoms with Crippen LogP contribution in [0.3, 0.4) is 0 Å². The number of hydrogen-bond acceptors (Lipinski definition) is 3. The molecule has 0 aromatic heterocycles. The first kappa shape index (κ1) is 19.0. The zero-order chi connectivity index (χ0) is 20.1. The van der Waals surface area contributed by atoms with Gasteiger partial charge in [0.15, 0.2) is 0 Å². The molecule has 3 atom stereocenters. The summed E-state index contributed by atoms with van der Waals surface area (Å²) in [6.45, 7) is 7.43. The van der Waals surface area contributed by atoms with Crippen molar-refractivity contribution >= 4 is 23.2 Å². The highest BCUT2D eigenvalue weighted by Crippen LogP contribution is 2.54. The molecule has 152 valence electrons. The molecule has 0 radical (unpaired) electrons. The van der Waals surface area contributed by atoms with Crippen LogP contribution in [0.1, 0.15) is 46.8 Å². The maximum atomic E-state index is 13.4. The smallest absolute Gasteiger partial charge is 0.254 e. The number of carbonyl (C=O) groups excluding carboxylic acids is 1. The van der Waals surface area contributed by atoms with Gasteiger partial charge in [-0.25, -0.2) is 0 Å². The number of nitrogens with zero attached hydrogens (tertiary/aromatic N) is 3. The molecule has 2 unspecified atom stereocenters. The summed E-state index contributed by atoms with van der Waals surface area (Å²) in [5, 5.41) is 0.614. The van der Waals surface area contributed by atoms with Crippen LogP contribution in [0.2, 0.25) is 5.02 Å². The number of amides is 1. The summed E-state index contributed by atoms with van der Waals surface area (Å²) in [7, 11) is 2.18. The molecular formula is C24H28ClN3O. The summed E-state index contributed by atoms with van der Waals surface area (Å²) in [4.78, 5) is 20.3. The molecule has 2 bridgehead atoms. The minimum Gasteiger partial charge on any atom is -0.369 e. The van der Waals surface area contributed by atoms with E-state index in [9.17, 15) is 4.79 Å². The molecule has 2 aromatic carbocycles. The lowest BCUT2D eigenvalue weighted by Gasteiger charge is -2.39. The second kappa shape index (κ2) is 7.33. The molecule has 2 aromatic rings. The SMILES string of the molecule is C[C@H]1C2CCN(C(=O)c3cccc(Cl)c3)C1c1cc(N3CCN(C)CC3)ccc12. The van der Waals surface area contributed by atoms with Crippen molar-refractivity contribution in [2.24, 2.45) is 5.92 Å². The lowest BCUT2D eigenvalue weighted by molar-refractivity contribution is 0.0524. The second-order valence-corrected chi connectivity index (χ2v) is 9.25. The van der Waals surface area contributed by atoms with Crippen LogP contribution in [0.15, 0.2) is 42.5 Å². The maximum absolute atomic E-state index is 13.4. The average Bonchev–Trinajstić information content (AvgIpc) is 2.89. The number of piperazine rings is 1. The molecule has 0 N–H and O–H groups in total. The molecule has 2 fully saturated rings. The molecule has 1 aliphatic carbocycles. The van der Waals surface area contributed by atoms with Crippen molar-refractivity contribution in [1.29, 1.82) is 0 Å². The first-order valence-electron chi connectivity index (χ1n) is 10.7. The van der Waals surface area contributed by atoms with Crippen molar-refractivity contribution in [1.82, 2.24) is 9.80 Å². The molecule has 2 saturated heterocycles. The Morgan fingerprint density at radius 2 is 1.79 bits per heavy atom. The van der Waals surface area contributed by atoms with Crippen LogP contribution in [0.25, 0.3) is 0 Å². The van der Waals surface area contributed by atoms with Gasteiger partial charge in [0.1, 0.15) is 0 Å². The molecule has 3 aliphatic rings. The zero-order valence-electron chi connectivity index (χ0n) is 17.1. The summed E-state index contributed by atoms with van der Waals surface area (Å²) in [5.41, 5.74) is 4.78. The molecule has 4 nitrogen and oxygen atoms in total. The number of rotatable bonds is 2. The van der Waals surface area contributed by atoms with Gasteiger partial charge < -0.3 is 14.7 Å². The largest absolute Gasteiger partial charge is 0.369 e. The van der Waals surface area contributed by atoms with Crippen molar-refractivity contribution in [3.63, 3.8) is 0 Å². The van der Waals surface area contributed by atoms with Gasteiger partial charge in [0, 0.05) is 49.0 Å². The van der Waals surface area contributed by atoms with Crippen molar-refractivity contribution in [3.05, 3.63) is 64.2 Å². The first-order chi connectivity index (χ1) is 14.0. The number of carbonyl (C=O) groups is 1. The van der Waals surface area contributed by atoms with Crippen LogP contribution in [0.5, 0.6) is 0 Å². The summed E-state index contributed by atoms with van der Waals surface area (Å²) < 4.78 is 0. The van der Waals surface area contributed by atoms with Crippen molar-refractivity contribution in [3.8, 4) is 0 Å². The van der Waals surface area contributed by atoms with Crippen LogP contribution >= 0.6 is 11.6 Å². The number of benzene rings is 2. The van der Waals surface area contributed by atoms with Crippen molar-refractivity contribution in [2.45, 2.75) is 25.3 Å². The molecule has 5 heteroatoms. The Labute approximate surface area is 178 Å². The highest BCUT2D eigenvalue weighted by atomic mass is 35.5. The summed E-state index contributed by atoms with van der Waals surface area (Å²) in [6.07, 6.45) is 1.03. The number of anilines is 1. The van der Waals surface area contributed by atoms with Gasteiger partial charge >= 0.3 is 0 Å². The molecule has 0 saturated carbocycles. The van der Waals surface area contributed by atoms with Gasteiger partial charge in [0.2, 0.25) is 0 Å². The second-order valence-electron chi connectivity index (χ2n) is 8.81. The third-order valence-corrected chi connectivity index (χ3v) is 7.37. The van der Waals surface area contributed by atoms with Crippen molar-refractivity contribution in [2.75, 3.05) is 44.7 Å². The van der Waals surface area contributed by atoms with Gasteiger partial charge in [-0.1, -0.05) is 30.7 Å². The Balaban J connectivity index is 1.48. The summed E-state index contributed by atoms with van der Waals surface area (Å²) in [6, 6.07) is 14.5. The van der Waals surface area contributed by atoms with E-state index in [0.717, 1.165) is 39.1 Å². The van der Waals surface area contributed by atoms with Crippen molar-refractivity contribution < 1.29 is 4.79 Å². The third kappa shape index (κ3) is 3.23. The monoisotopic (exact) mass is 409 g/mol. The normalized spacial score (nSPS) is 26.5. The predicted octanol–water partition coefficient (Wildman–Crippen LogP) is 4.41. The van der Waals surface area contributed by atoms with E-state index in [1.807, 2.05) is 18.2 Å². The Bertz CT molecular complexity index is 937. The van der Waals surface area contributed by atoms with Gasteiger partial charge in [-0.2, -0.15) is 0 Å². The molecule has 0 spiro atoms. The lowest BCUT2D eigenvalue weighted by Crippen LogP contribution is -2.44. The van der Waals surface area contributed by atoms with E-state index >= 15 is 0 Å². The number of piperidine rings is 1. The van der Waals surface area contributed by atoms with E-state index in [1.54, 1.807) is 6.07 Å². The molecule has 5 rings (SSSR count). The van der Waals surface area contributed by atoms with Crippen LogP contribution in [0, 0.1) is 5.92 Å². The van der Waals surface area contributed by atoms with Crippen LogP contribution in [-0.4, -0.2) is 55.5 Å². The predicted molar refractivity (Wildman–Crippen MR) is 118 cm³/mol. The average molecular weight is 410 g/mol. The highest BCUT2D eigenvalue weighted by Gasteiger charge is 2.46.